The molecule has 0 saturated carbocycles. The number of fused-ring (bicyclic) bond motifs is 1. The summed E-state index contributed by atoms with van der Waals surface area (Å²) in [6.07, 6.45) is 3.20. The summed E-state index contributed by atoms with van der Waals surface area (Å²) in [6.45, 7) is 2.83. The first-order valence-electron chi connectivity index (χ1n) is 9.51. The Morgan fingerprint density at radius 3 is 2.57 bits per heavy atom. The molecule has 1 aliphatic heterocycles. The molecule has 5 nitrogen and oxygen atoms in total. The molecule has 5 heteroatoms. The lowest BCUT2D eigenvalue weighted by Gasteiger charge is -2.37. The molecule has 0 radical (unpaired) electrons. The van der Waals surface area contributed by atoms with Crippen LogP contribution in [-0.2, 0) is 6.42 Å². The number of anilines is 1. The standard InChI is InChI=1S/C23H22N2O3/c1-2-20-19-7-4-3-6-16(19)13-14-25(20)23(27)17-9-11-18(12-10-17)24-22(26)21-8-5-15-28-21/h3-12,15,20H,2,13-14H2,1H3,(H,24,26). The van der Waals surface area contributed by atoms with Crippen LogP contribution in [0.1, 0.15) is 51.4 Å². The molecule has 0 spiro atoms. The van der Waals surface area contributed by atoms with Gasteiger partial charge in [-0.2, -0.15) is 0 Å². The van der Waals surface area contributed by atoms with Crippen LogP contribution in [0.5, 0.6) is 0 Å². The van der Waals surface area contributed by atoms with Crippen LogP contribution in [0.15, 0.2) is 71.3 Å². The van der Waals surface area contributed by atoms with Crippen LogP contribution in [0.25, 0.3) is 0 Å². The highest BCUT2D eigenvalue weighted by molar-refractivity contribution is 6.02. The second kappa shape index (κ2) is 7.72. The molecule has 28 heavy (non-hydrogen) atoms. The lowest BCUT2D eigenvalue weighted by Crippen LogP contribution is -2.39. The van der Waals surface area contributed by atoms with Crippen LogP contribution in [-0.4, -0.2) is 23.3 Å². The number of hydrogen-bond donors (Lipinski definition) is 1. The number of furan rings is 1. The van der Waals surface area contributed by atoms with Crippen molar-refractivity contribution in [3.8, 4) is 0 Å². The van der Waals surface area contributed by atoms with E-state index in [0.717, 1.165) is 12.8 Å². The first kappa shape index (κ1) is 18.0. The van der Waals surface area contributed by atoms with E-state index in [1.54, 1.807) is 36.4 Å². The Kier molecular flexibility index (Phi) is 4.98. The zero-order valence-corrected chi connectivity index (χ0v) is 15.7. The van der Waals surface area contributed by atoms with Crippen molar-refractivity contribution < 1.29 is 14.0 Å². The topological polar surface area (TPSA) is 62.6 Å². The molecule has 1 aromatic heterocycles. The Morgan fingerprint density at radius 2 is 1.86 bits per heavy atom. The average molecular weight is 374 g/mol. The summed E-state index contributed by atoms with van der Waals surface area (Å²) in [4.78, 5) is 27.1. The van der Waals surface area contributed by atoms with Gasteiger partial charge in [-0.05, 0) is 60.4 Å². The molecule has 0 bridgehead atoms. The lowest BCUT2D eigenvalue weighted by atomic mass is 9.90. The minimum Gasteiger partial charge on any atom is -0.459 e. The second-order valence-electron chi connectivity index (χ2n) is 6.88. The molecule has 0 saturated heterocycles. The van der Waals surface area contributed by atoms with Crippen LogP contribution < -0.4 is 5.32 Å². The molecule has 0 fully saturated rings. The monoisotopic (exact) mass is 374 g/mol. The van der Waals surface area contributed by atoms with Gasteiger partial charge < -0.3 is 14.6 Å². The van der Waals surface area contributed by atoms with Gasteiger partial charge in [0.25, 0.3) is 11.8 Å². The maximum absolute atomic E-state index is 13.1. The predicted molar refractivity (Wildman–Crippen MR) is 107 cm³/mol. The van der Waals surface area contributed by atoms with E-state index < -0.39 is 0 Å². The van der Waals surface area contributed by atoms with Crippen molar-refractivity contribution >= 4 is 17.5 Å². The highest BCUT2D eigenvalue weighted by Gasteiger charge is 2.29. The van der Waals surface area contributed by atoms with E-state index in [2.05, 4.69) is 30.4 Å². The largest absolute Gasteiger partial charge is 0.459 e. The number of rotatable bonds is 4. The van der Waals surface area contributed by atoms with E-state index in [9.17, 15) is 9.59 Å². The Labute approximate surface area is 164 Å². The van der Waals surface area contributed by atoms with E-state index in [0.29, 0.717) is 17.8 Å². The van der Waals surface area contributed by atoms with E-state index in [1.165, 1.54) is 17.4 Å². The number of benzene rings is 2. The summed E-state index contributed by atoms with van der Waals surface area (Å²) in [7, 11) is 0. The molecule has 2 aromatic carbocycles. The first-order valence-corrected chi connectivity index (χ1v) is 9.51. The highest BCUT2D eigenvalue weighted by atomic mass is 16.3. The van der Waals surface area contributed by atoms with E-state index >= 15 is 0 Å². The van der Waals surface area contributed by atoms with Crippen LogP contribution >= 0.6 is 0 Å². The Balaban J connectivity index is 1.50. The Bertz CT molecular complexity index is 977. The zero-order valence-electron chi connectivity index (χ0n) is 15.7. The van der Waals surface area contributed by atoms with Crippen molar-refractivity contribution in [3.05, 3.63) is 89.4 Å². The summed E-state index contributed by atoms with van der Waals surface area (Å²) in [5, 5.41) is 2.77. The Morgan fingerprint density at radius 1 is 1.07 bits per heavy atom. The first-order chi connectivity index (χ1) is 13.7. The third-order valence-corrected chi connectivity index (χ3v) is 5.19. The van der Waals surface area contributed by atoms with Gasteiger partial charge in [-0.1, -0.05) is 31.2 Å². The van der Waals surface area contributed by atoms with Gasteiger partial charge in [-0.3, -0.25) is 9.59 Å². The molecule has 4 rings (SSSR count). The highest BCUT2D eigenvalue weighted by Crippen LogP contribution is 2.33. The molecule has 2 amide bonds. The van der Waals surface area contributed by atoms with Crippen LogP contribution in [0.2, 0.25) is 0 Å². The minimum absolute atomic E-state index is 0.0188. The maximum Gasteiger partial charge on any atom is 0.291 e. The minimum atomic E-state index is -0.317. The third kappa shape index (κ3) is 3.43. The van der Waals surface area contributed by atoms with Gasteiger partial charge in [0.1, 0.15) is 0 Å². The van der Waals surface area contributed by atoms with Crippen molar-refractivity contribution in [2.24, 2.45) is 0 Å². The maximum atomic E-state index is 13.1. The van der Waals surface area contributed by atoms with Crippen molar-refractivity contribution in [2.75, 3.05) is 11.9 Å². The van der Waals surface area contributed by atoms with Crippen LogP contribution in [0.4, 0.5) is 5.69 Å². The molecule has 0 aliphatic carbocycles. The Hall–Kier alpha value is -3.34. The number of amides is 2. The van der Waals surface area contributed by atoms with Crippen molar-refractivity contribution in [1.82, 2.24) is 4.90 Å². The summed E-state index contributed by atoms with van der Waals surface area (Å²) in [6, 6.07) is 18.7. The van der Waals surface area contributed by atoms with E-state index in [4.69, 9.17) is 4.42 Å². The summed E-state index contributed by atoms with van der Waals surface area (Å²) in [5.74, 6) is -0.0500. The van der Waals surface area contributed by atoms with Gasteiger partial charge in [-0.15, -0.1) is 0 Å². The van der Waals surface area contributed by atoms with Gasteiger partial charge in [-0.25, -0.2) is 0 Å². The molecular weight excluding hydrogens is 352 g/mol. The van der Waals surface area contributed by atoms with Gasteiger partial charge in [0.15, 0.2) is 5.76 Å². The fraction of sp³-hybridized carbons (Fsp3) is 0.217. The van der Waals surface area contributed by atoms with Gasteiger partial charge >= 0.3 is 0 Å². The molecule has 1 unspecified atom stereocenters. The van der Waals surface area contributed by atoms with Crippen LogP contribution in [0.3, 0.4) is 0 Å². The van der Waals surface area contributed by atoms with Crippen molar-refractivity contribution in [3.63, 3.8) is 0 Å². The fourth-order valence-corrected chi connectivity index (χ4v) is 3.80. The second-order valence-corrected chi connectivity index (χ2v) is 6.88. The molecule has 1 aliphatic rings. The lowest BCUT2D eigenvalue weighted by molar-refractivity contribution is 0.0655. The molecule has 2 heterocycles. The zero-order chi connectivity index (χ0) is 19.5. The summed E-state index contributed by atoms with van der Waals surface area (Å²) >= 11 is 0. The predicted octanol–water partition coefficient (Wildman–Crippen LogP) is 4.68. The molecular formula is C23H22N2O3. The molecule has 1 N–H and O–H groups in total. The third-order valence-electron chi connectivity index (χ3n) is 5.19. The number of carbonyl (C=O) groups is 2. The smallest absolute Gasteiger partial charge is 0.291 e. The van der Waals surface area contributed by atoms with Gasteiger partial charge in [0, 0.05) is 17.8 Å². The van der Waals surface area contributed by atoms with E-state index in [1.807, 2.05) is 11.0 Å². The average Bonchev–Trinajstić information content (AvgIpc) is 3.28. The normalized spacial score (nSPS) is 15.8. The fourth-order valence-electron chi connectivity index (χ4n) is 3.80. The summed E-state index contributed by atoms with van der Waals surface area (Å²) in [5.41, 5.74) is 3.81. The SMILES string of the molecule is CCC1c2ccccc2CCN1C(=O)c1ccc(NC(=O)c2ccco2)cc1. The number of nitrogens with zero attached hydrogens (tertiary/aromatic N) is 1. The van der Waals surface area contributed by atoms with Crippen molar-refractivity contribution in [1.29, 1.82) is 0 Å². The molecule has 142 valence electrons. The van der Waals surface area contributed by atoms with Crippen LogP contribution in [0, 0.1) is 0 Å². The molecule has 1 atom stereocenters. The number of carbonyl (C=O) groups excluding carboxylic acids is 2. The van der Waals surface area contributed by atoms with Gasteiger partial charge in [0.2, 0.25) is 0 Å². The molecule has 3 aromatic rings. The number of nitrogens with one attached hydrogen (secondary N) is 1. The van der Waals surface area contributed by atoms with Crippen molar-refractivity contribution in [2.45, 2.75) is 25.8 Å². The van der Waals surface area contributed by atoms with Gasteiger partial charge in [0.05, 0.1) is 12.3 Å². The van der Waals surface area contributed by atoms with E-state index in [-0.39, 0.29) is 23.6 Å². The quantitative estimate of drug-likeness (QED) is 0.721. The number of hydrogen-bond acceptors (Lipinski definition) is 3. The summed E-state index contributed by atoms with van der Waals surface area (Å²) < 4.78 is 5.09.